The summed E-state index contributed by atoms with van der Waals surface area (Å²) in [5, 5.41) is 0. The zero-order chi connectivity index (χ0) is 11.4. The van der Waals surface area contributed by atoms with E-state index in [1.54, 1.807) is 0 Å². The summed E-state index contributed by atoms with van der Waals surface area (Å²) < 4.78 is 5.63. The van der Waals surface area contributed by atoms with E-state index in [0.717, 1.165) is 19.7 Å². The summed E-state index contributed by atoms with van der Waals surface area (Å²) in [5.41, 5.74) is 1.35. The number of halogens is 1. The highest BCUT2D eigenvalue weighted by Gasteiger charge is 2.25. The molecular weight excluding hydrogens is 222 g/mol. The summed E-state index contributed by atoms with van der Waals surface area (Å²) in [5.74, 6) is 0.581. The molecule has 1 aliphatic heterocycles. The van der Waals surface area contributed by atoms with Gasteiger partial charge in [0.05, 0.1) is 12.7 Å². The van der Waals surface area contributed by atoms with Gasteiger partial charge in [0.25, 0.3) is 0 Å². The Morgan fingerprint density at radius 2 is 2.12 bits per heavy atom. The predicted molar refractivity (Wildman–Crippen MR) is 66.8 cm³/mol. The van der Waals surface area contributed by atoms with Crippen LogP contribution in [0.1, 0.15) is 12.5 Å². The van der Waals surface area contributed by atoms with Crippen molar-refractivity contribution in [2.45, 2.75) is 25.6 Å². The van der Waals surface area contributed by atoms with Crippen molar-refractivity contribution in [3.8, 4) is 0 Å². The van der Waals surface area contributed by atoms with Crippen molar-refractivity contribution < 1.29 is 4.74 Å². The zero-order valence-corrected chi connectivity index (χ0v) is 10.4. The lowest BCUT2D eigenvalue weighted by Gasteiger charge is -2.37. The number of nitrogens with zero attached hydrogens (tertiary/aromatic N) is 1. The Morgan fingerprint density at radius 3 is 2.81 bits per heavy atom. The van der Waals surface area contributed by atoms with E-state index in [1.165, 1.54) is 5.56 Å². The topological polar surface area (TPSA) is 12.5 Å². The van der Waals surface area contributed by atoms with Gasteiger partial charge in [-0.2, -0.15) is 0 Å². The van der Waals surface area contributed by atoms with E-state index in [2.05, 4.69) is 36.1 Å². The lowest BCUT2D eigenvalue weighted by Crippen LogP contribution is -2.48. The predicted octanol–water partition coefficient (Wildman–Crippen LogP) is 2.51. The standard InChI is InChI=1S/C13H18ClNO/c1-11-10-16-13(7-14)9-15(11)8-12-5-3-2-4-6-12/h2-6,11,13H,7-10H2,1H3/t11?,13-/m1/s1. The molecule has 0 N–H and O–H groups in total. The normalized spacial score (nSPS) is 26.9. The van der Waals surface area contributed by atoms with Crippen LogP contribution in [0.3, 0.4) is 0 Å². The molecule has 1 aliphatic rings. The molecule has 1 unspecified atom stereocenters. The van der Waals surface area contributed by atoms with Crippen molar-refractivity contribution in [3.63, 3.8) is 0 Å². The third kappa shape index (κ3) is 2.97. The third-order valence-electron chi connectivity index (χ3n) is 3.04. The fraction of sp³-hybridized carbons (Fsp3) is 0.538. The molecule has 16 heavy (non-hydrogen) atoms. The first kappa shape index (κ1) is 11.9. The molecule has 0 aliphatic carbocycles. The maximum absolute atomic E-state index is 5.84. The van der Waals surface area contributed by atoms with E-state index >= 15 is 0 Å². The summed E-state index contributed by atoms with van der Waals surface area (Å²) in [7, 11) is 0. The molecule has 0 saturated carbocycles. The Hall–Kier alpha value is -0.570. The van der Waals surface area contributed by atoms with Crippen LogP contribution in [-0.4, -0.2) is 36.1 Å². The van der Waals surface area contributed by atoms with Gasteiger partial charge in [-0.3, -0.25) is 4.90 Å². The Labute approximate surface area is 102 Å². The molecule has 1 fully saturated rings. The van der Waals surface area contributed by atoms with Gasteiger partial charge < -0.3 is 4.74 Å². The molecule has 1 heterocycles. The number of alkyl halides is 1. The molecule has 3 heteroatoms. The van der Waals surface area contributed by atoms with Gasteiger partial charge in [-0.1, -0.05) is 30.3 Å². The van der Waals surface area contributed by atoms with Crippen LogP contribution in [0.2, 0.25) is 0 Å². The minimum atomic E-state index is 0.182. The molecule has 0 aromatic heterocycles. The second-order valence-electron chi connectivity index (χ2n) is 4.37. The van der Waals surface area contributed by atoms with E-state index in [9.17, 15) is 0 Å². The van der Waals surface area contributed by atoms with Crippen LogP contribution in [0, 0.1) is 0 Å². The van der Waals surface area contributed by atoms with Crippen LogP contribution in [0.25, 0.3) is 0 Å². The van der Waals surface area contributed by atoms with E-state index in [4.69, 9.17) is 16.3 Å². The number of rotatable bonds is 3. The molecule has 1 aromatic rings. The summed E-state index contributed by atoms with van der Waals surface area (Å²) >= 11 is 5.84. The van der Waals surface area contributed by atoms with Crippen LogP contribution in [0.5, 0.6) is 0 Å². The van der Waals surface area contributed by atoms with Crippen molar-refractivity contribution in [1.29, 1.82) is 0 Å². The molecule has 0 amide bonds. The van der Waals surface area contributed by atoms with Crippen LogP contribution < -0.4 is 0 Å². The maximum atomic E-state index is 5.84. The van der Waals surface area contributed by atoms with Crippen molar-refractivity contribution >= 4 is 11.6 Å². The van der Waals surface area contributed by atoms with Crippen molar-refractivity contribution in [3.05, 3.63) is 35.9 Å². The Morgan fingerprint density at radius 1 is 1.38 bits per heavy atom. The SMILES string of the molecule is CC1CO[C@H](CCl)CN1Cc1ccccc1. The smallest absolute Gasteiger partial charge is 0.0838 e. The van der Waals surface area contributed by atoms with Gasteiger partial charge in [0.1, 0.15) is 0 Å². The lowest BCUT2D eigenvalue weighted by atomic mass is 10.1. The average Bonchev–Trinajstić information content (AvgIpc) is 2.33. The summed E-state index contributed by atoms with van der Waals surface area (Å²) in [6.07, 6.45) is 0.182. The van der Waals surface area contributed by atoms with Gasteiger partial charge in [-0.25, -0.2) is 0 Å². The van der Waals surface area contributed by atoms with Crippen LogP contribution >= 0.6 is 11.6 Å². The number of ether oxygens (including phenoxy) is 1. The Bertz CT molecular complexity index is 317. The average molecular weight is 240 g/mol. The third-order valence-corrected chi connectivity index (χ3v) is 3.38. The minimum absolute atomic E-state index is 0.182. The molecule has 0 spiro atoms. The Balaban J connectivity index is 1.97. The van der Waals surface area contributed by atoms with Crippen molar-refractivity contribution in [2.24, 2.45) is 0 Å². The lowest BCUT2D eigenvalue weighted by molar-refractivity contribution is -0.0510. The fourth-order valence-corrected chi connectivity index (χ4v) is 2.19. The molecule has 2 nitrogen and oxygen atoms in total. The van der Waals surface area contributed by atoms with E-state index in [-0.39, 0.29) is 6.10 Å². The monoisotopic (exact) mass is 239 g/mol. The van der Waals surface area contributed by atoms with Gasteiger partial charge in [0.15, 0.2) is 0 Å². The minimum Gasteiger partial charge on any atom is -0.374 e. The van der Waals surface area contributed by atoms with E-state index in [1.807, 2.05) is 6.07 Å². The molecule has 0 bridgehead atoms. The summed E-state index contributed by atoms with van der Waals surface area (Å²) in [6.45, 7) is 4.90. The second-order valence-corrected chi connectivity index (χ2v) is 4.68. The molecule has 88 valence electrons. The van der Waals surface area contributed by atoms with Gasteiger partial charge >= 0.3 is 0 Å². The summed E-state index contributed by atoms with van der Waals surface area (Å²) in [6, 6.07) is 11.0. The highest BCUT2D eigenvalue weighted by molar-refractivity contribution is 6.18. The first-order valence-corrected chi connectivity index (χ1v) is 6.28. The molecule has 2 atom stereocenters. The first-order valence-electron chi connectivity index (χ1n) is 5.75. The van der Waals surface area contributed by atoms with Gasteiger partial charge in [-0.05, 0) is 12.5 Å². The Kier molecular flexibility index (Phi) is 4.22. The second kappa shape index (κ2) is 5.67. The summed E-state index contributed by atoms with van der Waals surface area (Å²) in [4.78, 5) is 2.44. The highest BCUT2D eigenvalue weighted by atomic mass is 35.5. The molecule has 1 saturated heterocycles. The van der Waals surface area contributed by atoms with Gasteiger partial charge in [0, 0.05) is 25.0 Å². The number of hydrogen-bond acceptors (Lipinski definition) is 2. The number of hydrogen-bond donors (Lipinski definition) is 0. The van der Waals surface area contributed by atoms with E-state index in [0.29, 0.717) is 11.9 Å². The van der Waals surface area contributed by atoms with E-state index < -0.39 is 0 Å². The van der Waals surface area contributed by atoms with Crippen molar-refractivity contribution in [1.82, 2.24) is 4.90 Å². The van der Waals surface area contributed by atoms with Crippen LogP contribution in [-0.2, 0) is 11.3 Å². The van der Waals surface area contributed by atoms with Gasteiger partial charge in [0.2, 0.25) is 0 Å². The van der Waals surface area contributed by atoms with Gasteiger partial charge in [-0.15, -0.1) is 11.6 Å². The van der Waals surface area contributed by atoms with Crippen molar-refractivity contribution in [2.75, 3.05) is 19.0 Å². The van der Waals surface area contributed by atoms with Crippen LogP contribution in [0.15, 0.2) is 30.3 Å². The molecule has 0 radical (unpaired) electrons. The molecule has 2 rings (SSSR count). The number of benzene rings is 1. The zero-order valence-electron chi connectivity index (χ0n) is 9.60. The molecule has 1 aromatic carbocycles. The first-order chi connectivity index (χ1) is 7.79. The van der Waals surface area contributed by atoms with Crippen LogP contribution in [0.4, 0.5) is 0 Å². The quantitative estimate of drug-likeness (QED) is 0.752. The molecular formula is C13H18ClNO. The number of morpholine rings is 1. The fourth-order valence-electron chi connectivity index (χ4n) is 2.01. The highest BCUT2D eigenvalue weighted by Crippen LogP contribution is 2.16. The largest absolute Gasteiger partial charge is 0.374 e. The maximum Gasteiger partial charge on any atom is 0.0838 e.